The second-order valence-corrected chi connectivity index (χ2v) is 5.36. The highest BCUT2D eigenvalue weighted by Crippen LogP contribution is 2.30. The Morgan fingerprint density at radius 1 is 1.56 bits per heavy atom. The van der Waals surface area contributed by atoms with Crippen LogP contribution < -0.4 is 10.6 Å². The van der Waals surface area contributed by atoms with Gasteiger partial charge in [0.1, 0.15) is 0 Å². The lowest BCUT2D eigenvalue weighted by molar-refractivity contribution is 0.198. The lowest BCUT2D eigenvalue weighted by Crippen LogP contribution is -2.31. The molecule has 96 valence electrons. The molecule has 0 aliphatic heterocycles. The van der Waals surface area contributed by atoms with Gasteiger partial charge >= 0.3 is 6.03 Å². The number of halogens is 1. The normalized spacial score (nSPS) is 10.6. The fraction of sp³-hybridized carbons (Fsp3) is 0.273. The van der Waals surface area contributed by atoms with Gasteiger partial charge in [-0.15, -0.1) is 0 Å². The summed E-state index contributed by atoms with van der Waals surface area (Å²) in [5.41, 5.74) is 0.856. The molecule has 0 radical (unpaired) electrons. The second-order valence-electron chi connectivity index (χ2n) is 3.48. The fourth-order valence-electron chi connectivity index (χ4n) is 1.38. The number of amides is 2. The number of hydrogen-bond donors (Lipinski definition) is 2. The predicted molar refractivity (Wildman–Crippen MR) is 76.2 cm³/mol. The summed E-state index contributed by atoms with van der Waals surface area (Å²) in [6.45, 7) is 0.954. The maximum absolute atomic E-state index is 11.5. The molecule has 2 rings (SSSR count). The molecule has 2 N–H and O–H groups in total. The van der Waals surface area contributed by atoms with Gasteiger partial charge in [0.25, 0.3) is 0 Å². The lowest BCUT2D eigenvalue weighted by Gasteiger charge is -2.03. The van der Waals surface area contributed by atoms with Gasteiger partial charge in [0.05, 0.1) is 16.8 Å². The minimum Gasteiger partial charge on any atom is -0.383 e. The Morgan fingerprint density at radius 3 is 3.11 bits per heavy atom. The number of fused-ring (bicyclic) bond motifs is 1. The van der Waals surface area contributed by atoms with E-state index in [9.17, 15) is 4.79 Å². The van der Waals surface area contributed by atoms with Crippen LogP contribution in [0, 0.1) is 0 Å². The Morgan fingerprint density at radius 2 is 2.39 bits per heavy atom. The quantitative estimate of drug-likeness (QED) is 0.848. The van der Waals surface area contributed by atoms with Gasteiger partial charge < -0.3 is 10.1 Å². The molecule has 0 atom stereocenters. The van der Waals surface area contributed by atoms with Crippen molar-refractivity contribution in [3.63, 3.8) is 0 Å². The largest absolute Gasteiger partial charge is 0.383 e. The summed E-state index contributed by atoms with van der Waals surface area (Å²) in [5, 5.41) is 5.95. The fourth-order valence-corrected chi connectivity index (χ4v) is 2.85. The topological polar surface area (TPSA) is 63.2 Å². The van der Waals surface area contributed by atoms with Crippen LogP contribution in [-0.4, -0.2) is 31.3 Å². The summed E-state index contributed by atoms with van der Waals surface area (Å²) in [7, 11) is 1.59. The van der Waals surface area contributed by atoms with Crippen LogP contribution in [0.1, 0.15) is 0 Å². The van der Waals surface area contributed by atoms with Gasteiger partial charge in [0.15, 0.2) is 5.13 Å². The molecule has 1 aromatic heterocycles. The number of hydrogen-bond acceptors (Lipinski definition) is 4. The van der Waals surface area contributed by atoms with Gasteiger partial charge in [-0.2, -0.15) is 0 Å². The molecule has 1 heterocycles. The molecule has 0 spiro atoms. The first-order valence-electron chi connectivity index (χ1n) is 5.29. The van der Waals surface area contributed by atoms with Crippen LogP contribution in [0.25, 0.3) is 10.2 Å². The number of methoxy groups -OCH3 is 1. The number of aromatic nitrogens is 1. The number of nitrogens with one attached hydrogen (secondary N) is 2. The number of carbonyl (C=O) groups is 1. The number of anilines is 1. The zero-order chi connectivity index (χ0) is 13.0. The zero-order valence-electron chi connectivity index (χ0n) is 9.70. The monoisotopic (exact) mass is 329 g/mol. The highest BCUT2D eigenvalue weighted by Gasteiger charge is 2.08. The molecule has 0 aliphatic carbocycles. The van der Waals surface area contributed by atoms with E-state index in [1.807, 2.05) is 18.2 Å². The molecule has 0 aliphatic rings. The van der Waals surface area contributed by atoms with Gasteiger partial charge in [-0.25, -0.2) is 9.78 Å². The van der Waals surface area contributed by atoms with E-state index in [2.05, 4.69) is 31.5 Å². The van der Waals surface area contributed by atoms with E-state index in [-0.39, 0.29) is 6.03 Å². The number of ether oxygens (including phenoxy) is 1. The van der Waals surface area contributed by atoms with Crippen LogP contribution >= 0.6 is 27.3 Å². The van der Waals surface area contributed by atoms with E-state index < -0.39 is 0 Å². The van der Waals surface area contributed by atoms with Crippen molar-refractivity contribution in [3.05, 3.63) is 22.7 Å². The van der Waals surface area contributed by atoms with E-state index in [1.54, 1.807) is 7.11 Å². The maximum atomic E-state index is 11.5. The van der Waals surface area contributed by atoms with Gasteiger partial charge in [-0.3, -0.25) is 5.32 Å². The number of nitrogens with zero attached hydrogens (tertiary/aromatic N) is 1. The minimum atomic E-state index is -0.276. The van der Waals surface area contributed by atoms with E-state index in [0.717, 1.165) is 14.7 Å². The van der Waals surface area contributed by atoms with Crippen molar-refractivity contribution in [1.82, 2.24) is 10.3 Å². The van der Waals surface area contributed by atoms with E-state index in [1.165, 1.54) is 11.3 Å². The van der Waals surface area contributed by atoms with E-state index >= 15 is 0 Å². The Balaban J connectivity index is 2.03. The Bertz CT molecular complexity index is 558. The van der Waals surface area contributed by atoms with Crippen molar-refractivity contribution in [2.45, 2.75) is 0 Å². The third-order valence-corrected chi connectivity index (χ3v) is 3.76. The summed E-state index contributed by atoms with van der Waals surface area (Å²) < 4.78 is 6.79. The number of rotatable bonds is 4. The highest BCUT2D eigenvalue weighted by molar-refractivity contribution is 9.10. The first-order chi connectivity index (χ1) is 8.70. The van der Waals surface area contributed by atoms with Crippen molar-refractivity contribution in [3.8, 4) is 0 Å². The Labute approximate surface area is 117 Å². The van der Waals surface area contributed by atoms with Crippen molar-refractivity contribution in [2.75, 3.05) is 25.6 Å². The van der Waals surface area contributed by atoms with Crippen molar-refractivity contribution >= 4 is 48.6 Å². The molecule has 5 nitrogen and oxygen atoms in total. The van der Waals surface area contributed by atoms with Crippen LogP contribution in [0.15, 0.2) is 22.7 Å². The SMILES string of the molecule is COCCNC(=O)Nc1nc2c(Br)cccc2s1. The van der Waals surface area contributed by atoms with Gasteiger partial charge in [-0.05, 0) is 28.1 Å². The second kappa shape index (κ2) is 6.12. The third-order valence-electron chi connectivity index (χ3n) is 2.18. The molecule has 2 aromatic rings. The number of benzene rings is 1. The highest BCUT2D eigenvalue weighted by atomic mass is 79.9. The van der Waals surface area contributed by atoms with Crippen LogP contribution in [0.3, 0.4) is 0 Å². The van der Waals surface area contributed by atoms with Crippen LogP contribution in [0.2, 0.25) is 0 Å². The standard InChI is InChI=1S/C11H12BrN3O2S/c1-17-6-5-13-10(16)15-11-14-9-7(12)3-2-4-8(9)18-11/h2-4H,5-6H2,1H3,(H2,13,14,15,16). The van der Waals surface area contributed by atoms with Crippen molar-refractivity contribution in [1.29, 1.82) is 0 Å². The number of thiazole rings is 1. The van der Waals surface area contributed by atoms with Crippen LogP contribution in [-0.2, 0) is 4.74 Å². The van der Waals surface area contributed by atoms with Crippen LogP contribution in [0.5, 0.6) is 0 Å². The molecule has 0 unspecified atom stereocenters. The predicted octanol–water partition coefficient (Wildman–Crippen LogP) is 2.83. The first-order valence-corrected chi connectivity index (χ1v) is 6.90. The summed E-state index contributed by atoms with van der Waals surface area (Å²) in [5.74, 6) is 0. The molecule has 1 aromatic carbocycles. The molecular formula is C11H12BrN3O2S. The molecule has 0 bridgehead atoms. The van der Waals surface area contributed by atoms with Crippen LogP contribution in [0.4, 0.5) is 9.93 Å². The maximum Gasteiger partial charge on any atom is 0.321 e. The Hall–Kier alpha value is -1.18. The van der Waals surface area contributed by atoms with E-state index in [0.29, 0.717) is 18.3 Å². The Kier molecular flexibility index (Phi) is 4.51. The summed E-state index contributed by atoms with van der Waals surface area (Å²) in [6, 6.07) is 5.55. The summed E-state index contributed by atoms with van der Waals surface area (Å²) in [6.07, 6.45) is 0. The summed E-state index contributed by atoms with van der Waals surface area (Å²) in [4.78, 5) is 15.9. The summed E-state index contributed by atoms with van der Waals surface area (Å²) >= 11 is 4.86. The molecule has 0 saturated heterocycles. The molecule has 7 heteroatoms. The molecule has 2 amide bonds. The van der Waals surface area contributed by atoms with Crippen molar-refractivity contribution < 1.29 is 9.53 Å². The van der Waals surface area contributed by atoms with Gasteiger partial charge in [0.2, 0.25) is 0 Å². The minimum absolute atomic E-state index is 0.276. The van der Waals surface area contributed by atoms with Gasteiger partial charge in [-0.1, -0.05) is 17.4 Å². The average Bonchev–Trinajstić information content (AvgIpc) is 2.73. The smallest absolute Gasteiger partial charge is 0.321 e. The molecule has 18 heavy (non-hydrogen) atoms. The number of para-hydroxylation sites is 1. The molecular weight excluding hydrogens is 318 g/mol. The molecule has 0 fully saturated rings. The van der Waals surface area contributed by atoms with Gasteiger partial charge in [0, 0.05) is 18.1 Å². The van der Waals surface area contributed by atoms with Crippen molar-refractivity contribution in [2.24, 2.45) is 0 Å². The third kappa shape index (κ3) is 3.18. The molecule has 0 saturated carbocycles. The zero-order valence-corrected chi connectivity index (χ0v) is 12.1. The van der Waals surface area contributed by atoms with E-state index in [4.69, 9.17) is 4.74 Å². The first kappa shape index (κ1) is 13.3. The number of urea groups is 1. The average molecular weight is 330 g/mol. The lowest BCUT2D eigenvalue weighted by atomic mass is 10.3. The number of carbonyl (C=O) groups excluding carboxylic acids is 1.